The second-order valence-corrected chi connectivity index (χ2v) is 4.88. The van der Waals surface area contributed by atoms with Crippen LogP contribution >= 0.6 is 15.9 Å². The molecule has 0 bridgehead atoms. The smallest absolute Gasteiger partial charge is 0.319 e. The quantitative estimate of drug-likeness (QED) is 0.759. The van der Waals surface area contributed by atoms with E-state index in [4.69, 9.17) is 5.73 Å². The van der Waals surface area contributed by atoms with E-state index in [-0.39, 0.29) is 6.03 Å². The molecule has 0 atom stereocenters. The number of anilines is 2. The first-order valence-electron chi connectivity index (χ1n) is 5.79. The van der Waals surface area contributed by atoms with E-state index in [1.165, 1.54) is 0 Å². The van der Waals surface area contributed by atoms with E-state index >= 15 is 0 Å². The largest absolute Gasteiger partial charge is 0.399 e. The number of carbonyl (C=O) groups excluding carboxylic acids is 1. The van der Waals surface area contributed by atoms with E-state index in [0.29, 0.717) is 17.9 Å². The number of nitrogen functional groups attached to an aromatic ring is 1. The third-order valence-electron chi connectivity index (χ3n) is 2.57. The zero-order chi connectivity index (χ0) is 13.7. The van der Waals surface area contributed by atoms with Gasteiger partial charge in [-0.05, 0) is 35.9 Å². The van der Waals surface area contributed by atoms with Crippen LogP contribution in [0.3, 0.4) is 0 Å². The molecule has 0 aliphatic rings. The van der Waals surface area contributed by atoms with Gasteiger partial charge in [0.2, 0.25) is 0 Å². The van der Waals surface area contributed by atoms with Gasteiger partial charge >= 0.3 is 6.03 Å². The van der Waals surface area contributed by atoms with Crippen LogP contribution < -0.4 is 16.4 Å². The standard InChI is InChI=1S/C14H14BrN3O/c15-13-4-2-1-3-10(13)9-17-14(19)18-12-7-5-11(16)6-8-12/h1-8H,9,16H2,(H2,17,18,19). The van der Waals surface area contributed by atoms with Crippen LogP contribution in [0.2, 0.25) is 0 Å². The van der Waals surface area contributed by atoms with Gasteiger partial charge in [0.05, 0.1) is 0 Å². The highest BCUT2D eigenvalue weighted by Gasteiger charge is 2.03. The summed E-state index contributed by atoms with van der Waals surface area (Å²) in [4.78, 5) is 11.7. The van der Waals surface area contributed by atoms with Crippen molar-refractivity contribution in [2.24, 2.45) is 0 Å². The Bertz CT molecular complexity index is 569. The molecular weight excluding hydrogens is 306 g/mol. The summed E-state index contributed by atoms with van der Waals surface area (Å²) in [5.41, 5.74) is 7.97. The minimum absolute atomic E-state index is 0.250. The Balaban J connectivity index is 1.88. The molecule has 2 aromatic rings. The molecule has 2 amide bonds. The average molecular weight is 320 g/mol. The maximum Gasteiger partial charge on any atom is 0.319 e. The molecule has 0 spiro atoms. The predicted octanol–water partition coefficient (Wildman–Crippen LogP) is 3.35. The molecule has 19 heavy (non-hydrogen) atoms. The molecule has 0 saturated carbocycles. The number of hydrogen-bond acceptors (Lipinski definition) is 2. The first kappa shape index (κ1) is 13.4. The highest BCUT2D eigenvalue weighted by Crippen LogP contribution is 2.15. The third kappa shape index (κ3) is 3.99. The lowest BCUT2D eigenvalue weighted by molar-refractivity contribution is 0.251. The van der Waals surface area contributed by atoms with Gasteiger partial charge in [0, 0.05) is 22.4 Å². The number of amides is 2. The maximum absolute atomic E-state index is 11.7. The lowest BCUT2D eigenvalue weighted by atomic mass is 10.2. The van der Waals surface area contributed by atoms with E-state index in [0.717, 1.165) is 10.0 Å². The molecule has 0 aliphatic heterocycles. The van der Waals surface area contributed by atoms with Gasteiger partial charge < -0.3 is 16.4 Å². The molecule has 0 radical (unpaired) electrons. The predicted molar refractivity (Wildman–Crippen MR) is 80.9 cm³/mol. The molecule has 4 nitrogen and oxygen atoms in total. The molecule has 0 aromatic heterocycles. The van der Waals surface area contributed by atoms with Crippen molar-refractivity contribution in [2.75, 3.05) is 11.1 Å². The summed E-state index contributed by atoms with van der Waals surface area (Å²) in [5.74, 6) is 0. The number of hydrogen-bond donors (Lipinski definition) is 3. The summed E-state index contributed by atoms with van der Waals surface area (Å²) < 4.78 is 0.975. The van der Waals surface area contributed by atoms with Crippen LogP contribution in [0.5, 0.6) is 0 Å². The van der Waals surface area contributed by atoms with Crippen molar-refractivity contribution >= 4 is 33.3 Å². The Hall–Kier alpha value is -2.01. The Morgan fingerprint density at radius 2 is 1.79 bits per heavy atom. The Morgan fingerprint density at radius 3 is 2.47 bits per heavy atom. The van der Waals surface area contributed by atoms with Gasteiger partial charge in [0.25, 0.3) is 0 Å². The van der Waals surface area contributed by atoms with Gasteiger partial charge in [-0.2, -0.15) is 0 Å². The number of rotatable bonds is 3. The summed E-state index contributed by atoms with van der Waals surface area (Å²) in [6, 6.07) is 14.5. The van der Waals surface area contributed by atoms with Gasteiger partial charge in [-0.3, -0.25) is 0 Å². The fraction of sp³-hybridized carbons (Fsp3) is 0.0714. The number of carbonyl (C=O) groups is 1. The van der Waals surface area contributed by atoms with E-state index < -0.39 is 0 Å². The molecule has 98 valence electrons. The number of nitrogens with two attached hydrogens (primary N) is 1. The van der Waals surface area contributed by atoms with Crippen molar-refractivity contribution < 1.29 is 4.79 Å². The second kappa shape index (κ2) is 6.24. The van der Waals surface area contributed by atoms with E-state index in [2.05, 4.69) is 26.6 Å². The second-order valence-electron chi connectivity index (χ2n) is 4.02. The average Bonchev–Trinajstić information content (AvgIpc) is 2.40. The van der Waals surface area contributed by atoms with Crippen molar-refractivity contribution in [2.45, 2.75) is 6.54 Å². The van der Waals surface area contributed by atoms with E-state index in [9.17, 15) is 4.79 Å². The maximum atomic E-state index is 11.7. The Labute approximate surface area is 120 Å². The number of benzene rings is 2. The molecule has 0 saturated heterocycles. The van der Waals surface area contributed by atoms with E-state index in [1.807, 2.05) is 24.3 Å². The normalized spacial score (nSPS) is 9.95. The Kier molecular flexibility index (Phi) is 4.41. The lowest BCUT2D eigenvalue weighted by Gasteiger charge is -2.09. The summed E-state index contributed by atoms with van der Waals surface area (Å²) in [5, 5.41) is 5.53. The van der Waals surface area contributed by atoms with Gasteiger partial charge in [-0.15, -0.1) is 0 Å². The van der Waals surface area contributed by atoms with Crippen LogP contribution in [0.1, 0.15) is 5.56 Å². The van der Waals surface area contributed by atoms with Gasteiger partial charge in [-0.25, -0.2) is 4.79 Å². The number of urea groups is 1. The van der Waals surface area contributed by atoms with Crippen LogP contribution in [0.25, 0.3) is 0 Å². The van der Waals surface area contributed by atoms with Crippen molar-refractivity contribution in [1.29, 1.82) is 0 Å². The Morgan fingerprint density at radius 1 is 1.11 bits per heavy atom. The summed E-state index contributed by atoms with van der Waals surface area (Å²) in [7, 11) is 0. The molecule has 2 rings (SSSR count). The van der Waals surface area contributed by atoms with Gasteiger partial charge in [0.1, 0.15) is 0 Å². The first-order chi connectivity index (χ1) is 9.15. The van der Waals surface area contributed by atoms with Crippen molar-refractivity contribution in [3.05, 3.63) is 58.6 Å². The monoisotopic (exact) mass is 319 g/mol. The van der Waals surface area contributed by atoms with Crippen molar-refractivity contribution in [3.63, 3.8) is 0 Å². The van der Waals surface area contributed by atoms with Crippen LogP contribution in [0, 0.1) is 0 Å². The summed E-state index contributed by atoms with van der Waals surface area (Å²) >= 11 is 3.44. The van der Waals surface area contributed by atoms with Crippen LogP contribution in [0.15, 0.2) is 53.0 Å². The molecule has 0 unspecified atom stereocenters. The fourth-order valence-electron chi connectivity index (χ4n) is 1.56. The first-order valence-corrected chi connectivity index (χ1v) is 6.58. The van der Waals surface area contributed by atoms with Gasteiger partial charge in [0.15, 0.2) is 0 Å². The zero-order valence-electron chi connectivity index (χ0n) is 10.2. The fourth-order valence-corrected chi connectivity index (χ4v) is 1.98. The SMILES string of the molecule is Nc1ccc(NC(=O)NCc2ccccc2Br)cc1. The zero-order valence-corrected chi connectivity index (χ0v) is 11.8. The molecule has 0 aliphatic carbocycles. The van der Waals surface area contributed by atoms with Gasteiger partial charge in [-0.1, -0.05) is 34.1 Å². The van der Waals surface area contributed by atoms with Crippen LogP contribution in [0.4, 0.5) is 16.2 Å². The molecule has 0 heterocycles. The summed E-state index contributed by atoms with van der Waals surface area (Å²) in [6.07, 6.45) is 0. The minimum Gasteiger partial charge on any atom is -0.399 e. The highest BCUT2D eigenvalue weighted by atomic mass is 79.9. The van der Waals surface area contributed by atoms with E-state index in [1.54, 1.807) is 24.3 Å². The molecule has 2 aromatic carbocycles. The lowest BCUT2D eigenvalue weighted by Crippen LogP contribution is -2.28. The van der Waals surface area contributed by atoms with Crippen LogP contribution in [-0.4, -0.2) is 6.03 Å². The molecule has 5 heteroatoms. The van der Waals surface area contributed by atoms with Crippen LogP contribution in [-0.2, 0) is 6.54 Å². The number of nitrogens with one attached hydrogen (secondary N) is 2. The summed E-state index contributed by atoms with van der Waals surface area (Å²) in [6.45, 7) is 0.461. The van der Waals surface area contributed by atoms with Crippen molar-refractivity contribution in [1.82, 2.24) is 5.32 Å². The highest BCUT2D eigenvalue weighted by molar-refractivity contribution is 9.10. The molecule has 4 N–H and O–H groups in total. The minimum atomic E-state index is -0.250. The molecule has 0 fully saturated rings. The molecular formula is C14H14BrN3O. The number of halogens is 1. The van der Waals surface area contributed by atoms with Crippen molar-refractivity contribution in [3.8, 4) is 0 Å². The third-order valence-corrected chi connectivity index (χ3v) is 3.34. The topological polar surface area (TPSA) is 67.1 Å².